The van der Waals surface area contributed by atoms with Gasteiger partial charge in [0.05, 0.1) is 12.2 Å². The molecular formula is C16H17F3N4. The standard InChI is InChI=1S/C16H17F3N4/c1-10-6-7-12(8-11(10)2)23-15(20)21-9-13-4-3-5-14(22-13)16(17,18)19/h3-8H,9H2,1-2H3,(H3,20,21,23). The second-order valence-corrected chi connectivity index (χ2v) is 5.14. The van der Waals surface area contributed by atoms with Crippen LogP contribution in [0.25, 0.3) is 0 Å². The number of aromatic nitrogens is 1. The summed E-state index contributed by atoms with van der Waals surface area (Å²) in [6.45, 7) is 3.93. The minimum atomic E-state index is -4.47. The van der Waals surface area contributed by atoms with E-state index in [-0.39, 0.29) is 18.2 Å². The molecule has 2 rings (SSSR count). The van der Waals surface area contributed by atoms with Crippen LogP contribution in [0.4, 0.5) is 18.9 Å². The van der Waals surface area contributed by atoms with E-state index in [1.165, 1.54) is 12.1 Å². The molecule has 0 atom stereocenters. The maximum absolute atomic E-state index is 12.6. The smallest absolute Gasteiger partial charge is 0.370 e. The van der Waals surface area contributed by atoms with Gasteiger partial charge in [-0.1, -0.05) is 12.1 Å². The number of nitrogens with zero attached hydrogens (tertiary/aromatic N) is 2. The molecular weight excluding hydrogens is 305 g/mol. The van der Waals surface area contributed by atoms with Gasteiger partial charge in [-0.15, -0.1) is 0 Å². The average Bonchev–Trinajstić information content (AvgIpc) is 2.48. The third kappa shape index (κ3) is 4.70. The Hall–Kier alpha value is -2.57. The molecule has 7 heteroatoms. The molecule has 23 heavy (non-hydrogen) atoms. The number of rotatable bonds is 3. The number of nitrogens with one attached hydrogen (secondary N) is 1. The van der Waals surface area contributed by atoms with Crippen LogP contribution >= 0.6 is 0 Å². The molecule has 0 fully saturated rings. The summed E-state index contributed by atoms with van der Waals surface area (Å²) in [6.07, 6.45) is -4.47. The Morgan fingerprint density at radius 2 is 1.91 bits per heavy atom. The van der Waals surface area contributed by atoms with Crippen LogP contribution in [0.15, 0.2) is 41.4 Å². The highest BCUT2D eigenvalue weighted by molar-refractivity contribution is 5.92. The molecule has 0 aliphatic rings. The number of pyridine rings is 1. The second kappa shape index (κ2) is 6.68. The van der Waals surface area contributed by atoms with E-state index in [4.69, 9.17) is 5.73 Å². The van der Waals surface area contributed by atoms with Crippen LogP contribution in [0, 0.1) is 13.8 Å². The Bertz CT molecular complexity index is 724. The lowest BCUT2D eigenvalue weighted by Crippen LogP contribution is -2.22. The Labute approximate surface area is 132 Å². The number of anilines is 1. The van der Waals surface area contributed by atoms with E-state index >= 15 is 0 Å². The van der Waals surface area contributed by atoms with E-state index in [0.717, 1.165) is 22.9 Å². The van der Waals surface area contributed by atoms with E-state index in [0.29, 0.717) is 0 Å². The van der Waals surface area contributed by atoms with Crippen molar-refractivity contribution >= 4 is 11.6 Å². The van der Waals surface area contributed by atoms with Crippen molar-refractivity contribution in [1.82, 2.24) is 4.98 Å². The summed E-state index contributed by atoms with van der Waals surface area (Å²) >= 11 is 0. The highest BCUT2D eigenvalue weighted by Gasteiger charge is 2.32. The summed E-state index contributed by atoms with van der Waals surface area (Å²) in [5.41, 5.74) is 8.04. The third-order valence-corrected chi connectivity index (χ3v) is 3.29. The van der Waals surface area contributed by atoms with Gasteiger partial charge in [-0.3, -0.25) is 0 Å². The van der Waals surface area contributed by atoms with Crippen LogP contribution in [0.5, 0.6) is 0 Å². The van der Waals surface area contributed by atoms with Crippen molar-refractivity contribution in [2.45, 2.75) is 26.6 Å². The number of hydrogen-bond acceptors (Lipinski definition) is 2. The van der Waals surface area contributed by atoms with Crippen LogP contribution in [-0.4, -0.2) is 10.9 Å². The normalized spacial score (nSPS) is 12.3. The minimum absolute atomic E-state index is 0.0341. The number of nitrogens with two attached hydrogens (primary N) is 1. The van der Waals surface area contributed by atoms with Gasteiger partial charge in [0, 0.05) is 5.69 Å². The van der Waals surface area contributed by atoms with Crippen molar-refractivity contribution in [3.63, 3.8) is 0 Å². The number of aryl methyl sites for hydroxylation is 2. The molecule has 0 radical (unpaired) electrons. The molecule has 0 saturated carbocycles. The molecule has 2 aromatic rings. The zero-order valence-electron chi connectivity index (χ0n) is 12.8. The van der Waals surface area contributed by atoms with E-state index in [1.54, 1.807) is 0 Å². The lowest BCUT2D eigenvalue weighted by Gasteiger charge is -2.09. The Morgan fingerprint density at radius 1 is 1.17 bits per heavy atom. The second-order valence-electron chi connectivity index (χ2n) is 5.14. The molecule has 0 amide bonds. The van der Waals surface area contributed by atoms with Gasteiger partial charge in [-0.05, 0) is 49.2 Å². The molecule has 1 aromatic heterocycles. The van der Waals surface area contributed by atoms with E-state index in [1.807, 2.05) is 32.0 Å². The highest BCUT2D eigenvalue weighted by Crippen LogP contribution is 2.27. The van der Waals surface area contributed by atoms with Crippen molar-refractivity contribution in [3.05, 3.63) is 58.9 Å². The number of guanidine groups is 1. The third-order valence-electron chi connectivity index (χ3n) is 3.29. The maximum atomic E-state index is 12.6. The molecule has 0 aliphatic heterocycles. The summed E-state index contributed by atoms with van der Waals surface area (Å²) in [5, 5.41) is 2.90. The topological polar surface area (TPSA) is 63.3 Å². The molecule has 0 saturated heterocycles. The number of aliphatic imine (C=N–C) groups is 1. The van der Waals surface area contributed by atoms with E-state index in [2.05, 4.69) is 15.3 Å². The number of hydrogen-bond donors (Lipinski definition) is 2. The summed E-state index contributed by atoms with van der Waals surface area (Å²) < 4.78 is 37.8. The fourth-order valence-electron chi connectivity index (χ4n) is 1.90. The summed E-state index contributed by atoms with van der Waals surface area (Å²) in [4.78, 5) is 7.55. The first-order valence-electron chi connectivity index (χ1n) is 6.93. The molecule has 0 spiro atoms. The van der Waals surface area contributed by atoms with Gasteiger partial charge in [0.25, 0.3) is 0 Å². The molecule has 0 bridgehead atoms. The van der Waals surface area contributed by atoms with Gasteiger partial charge in [-0.25, -0.2) is 9.98 Å². The van der Waals surface area contributed by atoms with Gasteiger partial charge in [0.1, 0.15) is 5.69 Å². The van der Waals surface area contributed by atoms with Gasteiger partial charge < -0.3 is 11.1 Å². The SMILES string of the molecule is Cc1ccc(NC(N)=NCc2cccc(C(F)(F)F)n2)cc1C. The van der Waals surface area contributed by atoms with Crippen LogP contribution in [0.2, 0.25) is 0 Å². The lowest BCUT2D eigenvalue weighted by molar-refractivity contribution is -0.141. The minimum Gasteiger partial charge on any atom is -0.370 e. The van der Waals surface area contributed by atoms with Crippen molar-refractivity contribution in [1.29, 1.82) is 0 Å². The number of halogens is 3. The zero-order valence-corrected chi connectivity index (χ0v) is 12.8. The van der Waals surface area contributed by atoms with Gasteiger partial charge in [0.2, 0.25) is 0 Å². The van der Waals surface area contributed by atoms with Crippen LogP contribution < -0.4 is 11.1 Å². The number of benzene rings is 1. The fourth-order valence-corrected chi connectivity index (χ4v) is 1.90. The Morgan fingerprint density at radius 3 is 2.57 bits per heavy atom. The van der Waals surface area contributed by atoms with Crippen molar-refractivity contribution < 1.29 is 13.2 Å². The van der Waals surface area contributed by atoms with Crippen LogP contribution in [-0.2, 0) is 12.7 Å². The van der Waals surface area contributed by atoms with Crippen LogP contribution in [0.3, 0.4) is 0 Å². The van der Waals surface area contributed by atoms with Crippen molar-refractivity contribution in [2.75, 3.05) is 5.32 Å². The molecule has 4 nitrogen and oxygen atoms in total. The Balaban J connectivity index is 2.06. The highest BCUT2D eigenvalue weighted by atomic mass is 19.4. The molecule has 1 aromatic carbocycles. The van der Waals surface area contributed by atoms with Gasteiger partial charge >= 0.3 is 6.18 Å². The largest absolute Gasteiger partial charge is 0.433 e. The predicted octanol–water partition coefficient (Wildman–Crippen LogP) is 3.64. The summed E-state index contributed by atoms with van der Waals surface area (Å²) in [6, 6.07) is 9.41. The zero-order chi connectivity index (χ0) is 17.0. The monoisotopic (exact) mass is 322 g/mol. The molecule has 0 aliphatic carbocycles. The quantitative estimate of drug-likeness (QED) is 0.670. The maximum Gasteiger partial charge on any atom is 0.433 e. The van der Waals surface area contributed by atoms with E-state index < -0.39 is 11.9 Å². The molecule has 122 valence electrons. The summed E-state index contributed by atoms with van der Waals surface area (Å²) in [7, 11) is 0. The van der Waals surface area contributed by atoms with E-state index in [9.17, 15) is 13.2 Å². The van der Waals surface area contributed by atoms with Gasteiger partial charge in [-0.2, -0.15) is 13.2 Å². The van der Waals surface area contributed by atoms with Gasteiger partial charge in [0.15, 0.2) is 5.96 Å². The Kier molecular flexibility index (Phi) is 4.88. The molecule has 0 unspecified atom stereocenters. The predicted molar refractivity (Wildman–Crippen MR) is 84.1 cm³/mol. The first-order valence-corrected chi connectivity index (χ1v) is 6.93. The molecule has 1 heterocycles. The first kappa shape index (κ1) is 16.8. The fraction of sp³-hybridized carbons (Fsp3) is 0.250. The first-order chi connectivity index (χ1) is 10.8. The number of alkyl halides is 3. The average molecular weight is 322 g/mol. The van der Waals surface area contributed by atoms with Crippen molar-refractivity contribution in [3.8, 4) is 0 Å². The molecule has 3 N–H and O–H groups in total. The van der Waals surface area contributed by atoms with Crippen LogP contribution in [0.1, 0.15) is 22.5 Å². The lowest BCUT2D eigenvalue weighted by atomic mass is 10.1. The summed E-state index contributed by atoms with van der Waals surface area (Å²) in [5.74, 6) is 0.118. The van der Waals surface area contributed by atoms with Crippen molar-refractivity contribution in [2.24, 2.45) is 10.7 Å².